The maximum Gasteiger partial charge on any atom is 0.302 e. The Morgan fingerprint density at radius 2 is 1.72 bits per heavy atom. The number of aliphatic hydroxyl groups excluding tert-OH is 1. The van der Waals surface area contributed by atoms with Gasteiger partial charge in [0, 0.05) is 18.8 Å². The first-order chi connectivity index (χ1) is 16.8. The molecule has 5 heteroatoms. The molecule has 10 unspecified atom stereocenters. The highest BCUT2D eigenvalue weighted by Crippen LogP contribution is 2.70. The zero-order valence-electron chi connectivity index (χ0n) is 23.5. The van der Waals surface area contributed by atoms with Gasteiger partial charge in [0.05, 0.1) is 18.3 Å². The Labute approximate surface area is 218 Å². The van der Waals surface area contributed by atoms with Crippen molar-refractivity contribution in [2.75, 3.05) is 6.61 Å². The highest BCUT2D eigenvalue weighted by Gasteiger charge is 2.69. The number of allylic oxidation sites excluding steroid dienone is 1. The molecule has 4 rings (SSSR count). The van der Waals surface area contributed by atoms with E-state index in [2.05, 4.69) is 27.4 Å². The summed E-state index contributed by atoms with van der Waals surface area (Å²) in [4.78, 5) is 25.0. The van der Waals surface area contributed by atoms with Crippen LogP contribution >= 0.6 is 0 Å². The van der Waals surface area contributed by atoms with Gasteiger partial charge in [0.25, 0.3) is 0 Å². The van der Waals surface area contributed by atoms with Crippen molar-refractivity contribution < 1.29 is 24.5 Å². The lowest BCUT2D eigenvalue weighted by molar-refractivity contribution is -0.244. The molecule has 0 spiro atoms. The van der Waals surface area contributed by atoms with E-state index in [0.29, 0.717) is 24.5 Å². The largest absolute Gasteiger partial charge is 0.465 e. The third kappa shape index (κ3) is 4.30. The van der Waals surface area contributed by atoms with E-state index in [9.17, 15) is 19.8 Å². The van der Waals surface area contributed by atoms with Gasteiger partial charge >= 0.3 is 5.97 Å². The highest BCUT2D eigenvalue weighted by atomic mass is 16.5. The molecule has 5 nitrogen and oxygen atoms in total. The van der Waals surface area contributed by atoms with Crippen LogP contribution in [-0.2, 0) is 14.3 Å². The number of ketones is 1. The molecule has 0 aliphatic heterocycles. The quantitative estimate of drug-likeness (QED) is 0.344. The lowest BCUT2D eigenvalue weighted by atomic mass is 9.41. The van der Waals surface area contributed by atoms with Gasteiger partial charge in [0.15, 0.2) is 5.78 Å². The topological polar surface area (TPSA) is 83.8 Å². The van der Waals surface area contributed by atoms with Gasteiger partial charge in [-0.25, -0.2) is 0 Å². The molecular weight excluding hydrogens is 452 g/mol. The van der Waals surface area contributed by atoms with Gasteiger partial charge in [0.2, 0.25) is 0 Å². The molecular formula is C31H50O5. The first-order valence-electron chi connectivity index (χ1n) is 14.5. The maximum atomic E-state index is 13.0. The van der Waals surface area contributed by atoms with Crippen LogP contribution in [0.5, 0.6) is 0 Å². The van der Waals surface area contributed by atoms with Crippen LogP contribution in [0.3, 0.4) is 0 Å². The van der Waals surface area contributed by atoms with E-state index in [-0.39, 0.29) is 64.2 Å². The van der Waals surface area contributed by atoms with E-state index in [1.807, 2.05) is 13.8 Å². The number of Topliss-reactive ketones (excluding diaryl/α,β-unsaturated/α-hetero) is 1. The number of aliphatic hydroxyl groups is 2. The second-order valence-electron chi connectivity index (χ2n) is 13.7. The number of hydrogen-bond acceptors (Lipinski definition) is 5. The summed E-state index contributed by atoms with van der Waals surface area (Å²) in [6.07, 6.45) is 7.41. The SMILES string of the molecule is C=C(C(=O)CC(C)C1CCC2C3(O)CCC4C(C)C(O)CCC4(C)C3CCC12COC(C)=O)C(C)C. The summed E-state index contributed by atoms with van der Waals surface area (Å²) in [6, 6.07) is 0. The summed E-state index contributed by atoms with van der Waals surface area (Å²) in [5, 5.41) is 23.2. The van der Waals surface area contributed by atoms with Crippen LogP contribution in [0.25, 0.3) is 0 Å². The minimum atomic E-state index is -0.786. The lowest BCUT2D eigenvalue weighted by Crippen LogP contribution is -2.66. The molecule has 0 heterocycles. The van der Waals surface area contributed by atoms with Crippen LogP contribution in [0.2, 0.25) is 0 Å². The van der Waals surface area contributed by atoms with Gasteiger partial charge in [0.1, 0.15) is 0 Å². The van der Waals surface area contributed by atoms with Gasteiger partial charge in [-0.3, -0.25) is 9.59 Å². The van der Waals surface area contributed by atoms with Gasteiger partial charge in [-0.2, -0.15) is 0 Å². The summed E-state index contributed by atoms with van der Waals surface area (Å²) < 4.78 is 5.76. The van der Waals surface area contributed by atoms with Crippen molar-refractivity contribution in [1.29, 1.82) is 0 Å². The fourth-order valence-corrected chi connectivity index (χ4v) is 9.88. The molecule has 36 heavy (non-hydrogen) atoms. The Hall–Kier alpha value is -1.20. The van der Waals surface area contributed by atoms with Crippen LogP contribution in [0.15, 0.2) is 12.2 Å². The average Bonchev–Trinajstić information content (AvgIpc) is 3.20. The molecule has 0 aromatic carbocycles. The van der Waals surface area contributed by atoms with Crippen molar-refractivity contribution in [2.45, 2.75) is 111 Å². The summed E-state index contributed by atoms with van der Waals surface area (Å²) >= 11 is 0. The Morgan fingerprint density at radius 3 is 2.36 bits per heavy atom. The summed E-state index contributed by atoms with van der Waals surface area (Å²) in [7, 11) is 0. The molecule has 0 aromatic rings. The van der Waals surface area contributed by atoms with E-state index < -0.39 is 5.60 Å². The van der Waals surface area contributed by atoms with Crippen molar-refractivity contribution in [2.24, 2.45) is 52.3 Å². The van der Waals surface area contributed by atoms with Crippen LogP contribution < -0.4 is 0 Å². The highest BCUT2D eigenvalue weighted by molar-refractivity contribution is 5.95. The number of rotatable bonds is 7. The van der Waals surface area contributed by atoms with Gasteiger partial charge in [-0.1, -0.05) is 41.2 Å². The second-order valence-corrected chi connectivity index (χ2v) is 13.7. The van der Waals surface area contributed by atoms with Crippen molar-refractivity contribution in [1.82, 2.24) is 0 Å². The van der Waals surface area contributed by atoms with Crippen molar-refractivity contribution in [3.05, 3.63) is 12.2 Å². The Balaban J connectivity index is 1.65. The molecule has 4 saturated carbocycles. The molecule has 0 radical (unpaired) electrons. The van der Waals surface area contributed by atoms with Crippen LogP contribution in [0.4, 0.5) is 0 Å². The summed E-state index contributed by atoms with van der Waals surface area (Å²) in [5.41, 5.74) is -0.370. The van der Waals surface area contributed by atoms with Crippen LogP contribution in [-0.4, -0.2) is 40.3 Å². The van der Waals surface area contributed by atoms with Gasteiger partial charge in [-0.15, -0.1) is 0 Å². The van der Waals surface area contributed by atoms with Crippen LogP contribution in [0.1, 0.15) is 99.3 Å². The Bertz CT molecular complexity index is 880. The molecule has 204 valence electrons. The number of hydrogen-bond donors (Lipinski definition) is 2. The molecule has 0 aromatic heterocycles. The van der Waals surface area contributed by atoms with E-state index in [4.69, 9.17) is 4.74 Å². The van der Waals surface area contributed by atoms with Crippen molar-refractivity contribution >= 4 is 11.8 Å². The first-order valence-corrected chi connectivity index (χ1v) is 14.5. The summed E-state index contributed by atoms with van der Waals surface area (Å²) in [5.74, 6) is 1.34. The molecule has 10 atom stereocenters. The molecule has 4 aliphatic rings. The monoisotopic (exact) mass is 502 g/mol. The zero-order valence-corrected chi connectivity index (χ0v) is 23.5. The number of esters is 1. The predicted molar refractivity (Wildman–Crippen MR) is 141 cm³/mol. The Morgan fingerprint density at radius 1 is 1.03 bits per heavy atom. The second kappa shape index (κ2) is 9.84. The number of ether oxygens (including phenoxy) is 1. The maximum absolute atomic E-state index is 13.0. The number of fused-ring (bicyclic) bond motifs is 5. The van der Waals surface area contributed by atoms with Crippen LogP contribution in [0, 0.1) is 52.3 Å². The zero-order chi connectivity index (χ0) is 26.6. The third-order valence-electron chi connectivity index (χ3n) is 11.8. The molecule has 4 fully saturated rings. The number of carbonyl (C=O) groups excluding carboxylic acids is 2. The van der Waals surface area contributed by atoms with Crippen molar-refractivity contribution in [3.63, 3.8) is 0 Å². The Kier molecular flexibility index (Phi) is 7.60. The predicted octanol–water partition coefficient (Wildman–Crippen LogP) is 5.72. The minimum Gasteiger partial charge on any atom is -0.465 e. The van der Waals surface area contributed by atoms with E-state index in [0.717, 1.165) is 51.4 Å². The summed E-state index contributed by atoms with van der Waals surface area (Å²) in [6.45, 7) is 16.6. The minimum absolute atomic E-state index is 0.0217. The van der Waals surface area contributed by atoms with E-state index >= 15 is 0 Å². The lowest BCUT2D eigenvalue weighted by Gasteiger charge is -2.66. The van der Waals surface area contributed by atoms with E-state index in [1.54, 1.807) is 0 Å². The molecule has 0 saturated heterocycles. The molecule has 4 aliphatic carbocycles. The third-order valence-corrected chi connectivity index (χ3v) is 11.8. The average molecular weight is 503 g/mol. The van der Waals surface area contributed by atoms with Gasteiger partial charge < -0.3 is 14.9 Å². The van der Waals surface area contributed by atoms with Gasteiger partial charge in [-0.05, 0) is 104 Å². The standard InChI is InChI=1S/C31H50O5/c1-18(2)20(4)26(34)16-19(3)23-8-9-28-30(23,17-36-22(6)32)14-12-27-29(7)13-11-25(33)21(5)24(29)10-15-31(27,28)35/h18-19,21,23-25,27-28,33,35H,4,8-17H2,1-3,5-7H3. The number of carbonyl (C=O) groups is 2. The fraction of sp³-hybridized carbons (Fsp3) is 0.871. The first kappa shape index (κ1) is 27.8. The molecule has 0 amide bonds. The van der Waals surface area contributed by atoms with E-state index in [1.165, 1.54) is 6.92 Å². The molecule has 0 bridgehead atoms. The normalized spacial score (nSPS) is 44.8. The van der Waals surface area contributed by atoms with Crippen molar-refractivity contribution in [3.8, 4) is 0 Å². The fourth-order valence-electron chi connectivity index (χ4n) is 9.88. The molecule has 2 N–H and O–H groups in total. The smallest absolute Gasteiger partial charge is 0.302 e.